The third-order valence-corrected chi connectivity index (χ3v) is 7.55. The first-order valence-corrected chi connectivity index (χ1v) is 13.1. The van der Waals surface area contributed by atoms with Crippen LogP contribution in [0.25, 0.3) is 10.4 Å². The third kappa shape index (κ3) is 8.88. The number of hydrogen-bond acceptors (Lipinski definition) is 12. The summed E-state index contributed by atoms with van der Waals surface area (Å²) in [5, 5.41) is 3.32. The van der Waals surface area contributed by atoms with Gasteiger partial charge in [0.15, 0.2) is 0 Å². The van der Waals surface area contributed by atoms with Crippen LogP contribution >= 0.6 is 23.5 Å². The molecule has 186 valence electrons. The van der Waals surface area contributed by atoms with Gasteiger partial charge in [0.25, 0.3) is 0 Å². The van der Waals surface area contributed by atoms with Crippen LogP contribution in [0.4, 0.5) is 5.82 Å². The number of hydrogen-bond donors (Lipinski definition) is 5. The zero-order valence-electron chi connectivity index (χ0n) is 16.5. The molecule has 0 saturated carbocycles. The van der Waals surface area contributed by atoms with Crippen LogP contribution in [0.1, 0.15) is 19.6 Å². The predicted molar refractivity (Wildman–Crippen MR) is 105 cm³/mol. The largest absolute Gasteiger partial charge is 0.490 e. The molecule has 22 heteroatoms. The molecule has 1 aliphatic heterocycles. The predicted octanol–water partition coefficient (Wildman–Crippen LogP) is 0.498. The van der Waals surface area contributed by atoms with Gasteiger partial charge in [0, 0.05) is 17.5 Å². The van der Waals surface area contributed by atoms with E-state index in [4.69, 9.17) is 30.5 Å². The second-order valence-corrected chi connectivity index (χ2v) is 10.7. The molecule has 1 saturated heterocycles. The highest BCUT2D eigenvalue weighted by Crippen LogP contribution is 2.66. The molecule has 6 N–H and O–H groups in total. The summed E-state index contributed by atoms with van der Waals surface area (Å²) in [6.45, 7) is 0.536. The van der Waals surface area contributed by atoms with Gasteiger partial charge < -0.3 is 34.8 Å². The minimum Gasteiger partial charge on any atom is -0.383 e. The van der Waals surface area contributed by atoms with Crippen LogP contribution in [-0.4, -0.2) is 54.2 Å². The molecular formula is C11H19N6O13P3. The van der Waals surface area contributed by atoms with Gasteiger partial charge >= 0.3 is 29.2 Å². The van der Waals surface area contributed by atoms with Gasteiger partial charge in [-0.2, -0.15) is 13.6 Å². The molecule has 3 unspecified atom stereocenters. The zero-order chi connectivity index (χ0) is 25.0. The zero-order valence-corrected chi connectivity index (χ0v) is 19.2. The smallest absolute Gasteiger partial charge is 0.383 e. The van der Waals surface area contributed by atoms with Crippen LogP contribution in [0.3, 0.4) is 0 Å². The Hall–Kier alpha value is -1.68. The highest BCUT2D eigenvalue weighted by atomic mass is 31.3. The standard InChI is InChI=1S/C11H19N6O13P3/c1-6(15-16-13)27-7-4-10(17-3-2-9(12)14-11(17)18)28-8(7)5-26-32(22,23)30-33(24,25)29-31(19,20)21/h2-3,6-8,10H,4-5H2,1H3,(H,22,23)(H,24,25)(H2,12,14,18)(H2,19,20,21)/t6-,7-,8-,10?/m1/s1. The Morgan fingerprint density at radius 2 is 2.00 bits per heavy atom. The lowest BCUT2D eigenvalue weighted by Gasteiger charge is -2.22. The number of nitrogens with zero attached hydrogens (tertiary/aromatic N) is 5. The lowest BCUT2D eigenvalue weighted by Crippen LogP contribution is -2.31. The Balaban J connectivity index is 2.15. The molecule has 33 heavy (non-hydrogen) atoms. The van der Waals surface area contributed by atoms with E-state index in [-0.39, 0.29) is 12.2 Å². The SMILES string of the molecule is C[C@H](N=[N+]=[N-])O[C@@H]1CC(n2ccc(N)nc2=O)O[C@@H]1COP(=O)(O)OP(=O)(O)OP(=O)(O)O. The van der Waals surface area contributed by atoms with Crippen LogP contribution in [0, 0.1) is 0 Å². The maximum Gasteiger partial charge on any atom is 0.490 e. The monoisotopic (exact) mass is 536 g/mol. The van der Waals surface area contributed by atoms with Crippen molar-refractivity contribution >= 4 is 29.3 Å². The molecule has 19 nitrogen and oxygen atoms in total. The number of nitrogens with two attached hydrogens (primary N) is 1. The minimum absolute atomic E-state index is 0.0526. The number of rotatable bonds is 11. The molecule has 0 aliphatic carbocycles. The Kier molecular flexibility index (Phi) is 8.95. The molecule has 0 bridgehead atoms. The van der Waals surface area contributed by atoms with Crippen molar-refractivity contribution in [3.05, 3.63) is 33.2 Å². The van der Waals surface area contributed by atoms with E-state index in [0.717, 1.165) is 4.57 Å². The van der Waals surface area contributed by atoms with E-state index >= 15 is 0 Å². The molecule has 1 aromatic heterocycles. The van der Waals surface area contributed by atoms with Gasteiger partial charge in [-0.3, -0.25) is 9.09 Å². The Morgan fingerprint density at radius 3 is 2.58 bits per heavy atom. The summed E-state index contributed by atoms with van der Waals surface area (Å²) in [6, 6.07) is 1.31. The van der Waals surface area contributed by atoms with Crippen molar-refractivity contribution in [2.45, 2.75) is 38.0 Å². The molecule has 2 heterocycles. The van der Waals surface area contributed by atoms with Gasteiger partial charge in [-0.05, 0) is 18.5 Å². The first-order chi connectivity index (χ1) is 15.1. The Labute approximate surface area is 184 Å². The summed E-state index contributed by atoms with van der Waals surface area (Å²) in [7, 11) is -16.7. The summed E-state index contributed by atoms with van der Waals surface area (Å²) in [4.78, 5) is 54.1. The van der Waals surface area contributed by atoms with Crippen LogP contribution < -0.4 is 11.4 Å². The van der Waals surface area contributed by atoms with E-state index < -0.39 is 60.4 Å². The summed E-state index contributed by atoms with van der Waals surface area (Å²) >= 11 is 0. The van der Waals surface area contributed by atoms with Crippen LogP contribution in [0.15, 0.2) is 22.2 Å². The van der Waals surface area contributed by atoms with Gasteiger partial charge in [0.1, 0.15) is 24.4 Å². The first kappa shape index (κ1) is 27.6. The second kappa shape index (κ2) is 10.7. The lowest BCUT2D eigenvalue weighted by molar-refractivity contribution is -0.0757. The summed E-state index contributed by atoms with van der Waals surface area (Å²) in [5.41, 5.74) is 13.2. The van der Waals surface area contributed by atoms with Crippen molar-refractivity contribution in [3.8, 4) is 0 Å². The number of anilines is 1. The van der Waals surface area contributed by atoms with Gasteiger partial charge in [-0.25, -0.2) is 18.5 Å². The molecule has 0 radical (unpaired) electrons. The lowest BCUT2D eigenvalue weighted by atomic mass is 10.2. The highest BCUT2D eigenvalue weighted by Gasteiger charge is 2.43. The van der Waals surface area contributed by atoms with Gasteiger partial charge in [0.05, 0.1) is 12.7 Å². The fraction of sp³-hybridized carbons (Fsp3) is 0.636. The second-order valence-electron chi connectivity index (χ2n) is 6.27. The maximum atomic E-state index is 12.1. The van der Waals surface area contributed by atoms with E-state index in [1.54, 1.807) is 0 Å². The number of ether oxygens (including phenoxy) is 2. The number of aromatic nitrogens is 2. The van der Waals surface area contributed by atoms with Crippen molar-refractivity contribution in [3.63, 3.8) is 0 Å². The number of azide groups is 1. The van der Waals surface area contributed by atoms with E-state index in [1.807, 2.05) is 0 Å². The molecular weight excluding hydrogens is 517 g/mol. The molecule has 1 aromatic rings. The van der Waals surface area contributed by atoms with E-state index in [9.17, 15) is 28.3 Å². The van der Waals surface area contributed by atoms with Gasteiger partial charge in [-0.15, -0.1) is 0 Å². The van der Waals surface area contributed by atoms with Crippen LogP contribution in [0.5, 0.6) is 0 Å². The topological polar surface area (TPSA) is 288 Å². The van der Waals surface area contributed by atoms with Crippen molar-refractivity contribution < 1.29 is 55.9 Å². The molecule has 1 aliphatic rings. The number of phosphoric acid groups is 3. The van der Waals surface area contributed by atoms with E-state index in [1.165, 1.54) is 19.2 Å². The van der Waals surface area contributed by atoms with E-state index in [0.29, 0.717) is 0 Å². The van der Waals surface area contributed by atoms with Crippen molar-refractivity contribution in [2.24, 2.45) is 5.11 Å². The summed E-state index contributed by atoms with van der Waals surface area (Å²) in [5.74, 6) is -0.0526. The van der Waals surface area contributed by atoms with Gasteiger partial charge in [-0.1, -0.05) is 5.11 Å². The normalized spacial score (nSPS) is 25.5. The van der Waals surface area contributed by atoms with Crippen molar-refractivity contribution in [1.29, 1.82) is 0 Å². The highest BCUT2D eigenvalue weighted by molar-refractivity contribution is 7.66. The minimum atomic E-state index is -5.71. The molecule has 0 aromatic carbocycles. The molecule has 2 rings (SSSR count). The molecule has 0 spiro atoms. The fourth-order valence-corrected chi connectivity index (χ4v) is 5.66. The third-order valence-electron chi connectivity index (χ3n) is 3.75. The molecule has 1 fully saturated rings. The number of phosphoric ester groups is 1. The Bertz CT molecular complexity index is 1100. The van der Waals surface area contributed by atoms with Crippen LogP contribution in [-0.2, 0) is 36.3 Å². The average molecular weight is 536 g/mol. The quantitative estimate of drug-likeness (QED) is 0.111. The molecule has 0 amide bonds. The van der Waals surface area contributed by atoms with Crippen LogP contribution in [0.2, 0.25) is 0 Å². The first-order valence-electron chi connectivity index (χ1n) is 8.59. The maximum absolute atomic E-state index is 12.1. The molecule has 6 atom stereocenters. The van der Waals surface area contributed by atoms with E-state index in [2.05, 4.69) is 28.2 Å². The van der Waals surface area contributed by atoms with Crippen molar-refractivity contribution in [2.75, 3.05) is 12.3 Å². The Morgan fingerprint density at radius 1 is 1.33 bits per heavy atom. The average Bonchev–Trinajstić information content (AvgIpc) is 2.99. The van der Waals surface area contributed by atoms with Gasteiger partial charge in [0.2, 0.25) is 0 Å². The number of nitrogen functional groups attached to an aromatic ring is 1. The summed E-state index contributed by atoms with van der Waals surface area (Å²) < 4.78 is 58.0. The fourth-order valence-electron chi connectivity index (χ4n) is 2.63. The van der Waals surface area contributed by atoms with Crippen molar-refractivity contribution in [1.82, 2.24) is 9.55 Å². The summed E-state index contributed by atoms with van der Waals surface area (Å²) in [6.07, 6.45) is -3.05.